The molecule has 1 aromatic rings. The molecule has 306 valence electrons. The summed E-state index contributed by atoms with van der Waals surface area (Å²) in [7, 11) is 0. The number of aryl methyl sites for hydroxylation is 1. The minimum absolute atomic E-state index is 0.520. The largest absolute Gasteiger partial charge is 0.491 e. The van der Waals surface area contributed by atoms with Gasteiger partial charge in [0.05, 0.1) is 126 Å². The molecular formula is C41H76O11. The number of rotatable bonds is 44. The van der Waals surface area contributed by atoms with Crippen molar-refractivity contribution in [1.82, 2.24) is 0 Å². The molecule has 0 saturated heterocycles. The molecule has 0 N–H and O–H groups in total. The summed E-state index contributed by atoms with van der Waals surface area (Å²) >= 11 is 0. The van der Waals surface area contributed by atoms with Gasteiger partial charge in [-0.2, -0.15) is 0 Å². The van der Waals surface area contributed by atoms with E-state index in [0.29, 0.717) is 132 Å². The first-order chi connectivity index (χ1) is 25.9. The van der Waals surface area contributed by atoms with E-state index in [1.807, 2.05) is 0 Å². The Morgan fingerprint density at radius 2 is 0.577 bits per heavy atom. The fourth-order valence-corrected chi connectivity index (χ4v) is 4.97. The summed E-state index contributed by atoms with van der Waals surface area (Å²) in [5, 5.41) is 0. The molecule has 0 saturated carbocycles. The molecule has 52 heavy (non-hydrogen) atoms. The Kier molecular flexibility index (Phi) is 39.6. The van der Waals surface area contributed by atoms with Crippen LogP contribution in [0.5, 0.6) is 5.75 Å². The van der Waals surface area contributed by atoms with Crippen LogP contribution in [-0.2, 0) is 53.8 Å². The maximum Gasteiger partial charge on any atom is 0.119 e. The summed E-state index contributed by atoms with van der Waals surface area (Å²) in [5.74, 6) is 0.888. The second-order valence-electron chi connectivity index (χ2n) is 12.5. The normalized spacial score (nSPS) is 11.5. The van der Waals surface area contributed by atoms with E-state index in [1.165, 1.54) is 69.8 Å². The number of benzene rings is 1. The molecule has 0 spiro atoms. The van der Waals surface area contributed by atoms with Crippen molar-refractivity contribution in [3.05, 3.63) is 29.8 Å². The standard InChI is InChI=1S/C41H76O11/c1-3-5-7-9-10-12-14-40-15-17-41(18-16-40)52-39-38-51-37-36-50-35-34-49-33-32-48-31-30-47-29-28-46-27-26-45-25-24-44-23-22-43-21-20-42-19-13-11-8-6-4-2/h15-18H,3-14,19-39H2,1-2H3. The van der Waals surface area contributed by atoms with Crippen molar-refractivity contribution in [3.8, 4) is 5.75 Å². The van der Waals surface area contributed by atoms with Crippen molar-refractivity contribution < 1.29 is 52.1 Å². The average Bonchev–Trinajstić information content (AvgIpc) is 3.16. The Labute approximate surface area is 316 Å². The first kappa shape index (κ1) is 48.6. The van der Waals surface area contributed by atoms with Gasteiger partial charge in [-0.25, -0.2) is 0 Å². The van der Waals surface area contributed by atoms with Gasteiger partial charge in [-0.1, -0.05) is 83.8 Å². The van der Waals surface area contributed by atoms with Gasteiger partial charge in [0.2, 0.25) is 0 Å². The molecular weight excluding hydrogens is 668 g/mol. The third-order valence-corrected chi connectivity index (χ3v) is 7.98. The molecule has 0 atom stereocenters. The van der Waals surface area contributed by atoms with Gasteiger partial charge >= 0.3 is 0 Å². The lowest BCUT2D eigenvalue weighted by Gasteiger charge is -2.09. The van der Waals surface area contributed by atoms with Gasteiger partial charge in [0.1, 0.15) is 12.4 Å². The number of ether oxygens (including phenoxy) is 11. The molecule has 1 aromatic carbocycles. The fraction of sp³-hybridized carbons (Fsp3) is 0.854. The van der Waals surface area contributed by atoms with Gasteiger partial charge in [0.25, 0.3) is 0 Å². The summed E-state index contributed by atoms with van der Waals surface area (Å²) in [6, 6.07) is 8.45. The van der Waals surface area contributed by atoms with Crippen LogP contribution in [0.2, 0.25) is 0 Å². The van der Waals surface area contributed by atoms with Gasteiger partial charge in [-0.3, -0.25) is 0 Å². The maximum atomic E-state index is 5.78. The van der Waals surface area contributed by atoms with Crippen LogP contribution in [0.1, 0.15) is 90.0 Å². The van der Waals surface area contributed by atoms with Crippen LogP contribution >= 0.6 is 0 Å². The molecule has 1 rings (SSSR count). The second kappa shape index (κ2) is 42.4. The summed E-state index contributed by atoms with van der Waals surface area (Å²) in [4.78, 5) is 0. The van der Waals surface area contributed by atoms with Gasteiger partial charge in [-0.15, -0.1) is 0 Å². The van der Waals surface area contributed by atoms with E-state index in [4.69, 9.17) is 52.1 Å². The summed E-state index contributed by atoms with van der Waals surface area (Å²) in [6.07, 6.45) is 15.4. The Bertz CT molecular complexity index is 799. The lowest BCUT2D eigenvalue weighted by atomic mass is 10.0. The van der Waals surface area contributed by atoms with Crippen molar-refractivity contribution >= 4 is 0 Å². The number of hydrogen-bond acceptors (Lipinski definition) is 11. The molecule has 0 aliphatic rings. The quantitative estimate of drug-likeness (QED) is 0.0640. The highest BCUT2D eigenvalue weighted by molar-refractivity contribution is 5.27. The summed E-state index contributed by atoms with van der Waals surface area (Å²) in [5.41, 5.74) is 1.38. The molecule has 0 heterocycles. The minimum atomic E-state index is 0.520. The molecule has 0 aliphatic carbocycles. The molecule has 11 nitrogen and oxygen atoms in total. The van der Waals surface area contributed by atoms with Crippen LogP contribution in [0.25, 0.3) is 0 Å². The van der Waals surface area contributed by atoms with Crippen LogP contribution in [0.15, 0.2) is 24.3 Å². The Morgan fingerprint density at radius 1 is 0.288 bits per heavy atom. The van der Waals surface area contributed by atoms with Gasteiger partial charge in [0.15, 0.2) is 0 Å². The number of unbranched alkanes of at least 4 members (excludes halogenated alkanes) is 9. The van der Waals surface area contributed by atoms with Gasteiger partial charge < -0.3 is 52.1 Å². The zero-order valence-electron chi connectivity index (χ0n) is 33.1. The van der Waals surface area contributed by atoms with E-state index in [0.717, 1.165) is 25.2 Å². The predicted molar refractivity (Wildman–Crippen MR) is 206 cm³/mol. The fourth-order valence-electron chi connectivity index (χ4n) is 4.97. The first-order valence-corrected chi connectivity index (χ1v) is 20.4. The minimum Gasteiger partial charge on any atom is -0.491 e. The molecule has 0 unspecified atom stereocenters. The first-order valence-electron chi connectivity index (χ1n) is 20.4. The highest BCUT2D eigenvalue weighted by Gasteiger charge is 1.99. The van der Waals surface area contributed by atoms with Crippen molar-refractivity contribution in [2.45, 2.75) is 90.9 Å². The molecule has 0 bridgehead atoms. The van der Waals surface area contributed by atoms with Gasteiger partial charge in [0, 0.05) is 6.61 Å². The van der Waals surface area contributed by atoms with E-state index >= 15 is 0 Å². The molecule has 0 aliphatic heterocycles. The topological polar surface area (TPSA) is 102 Å². The van der Waals surface area contributed by atoms with Crippen molar-refractivity contribution in [1.29, 1.82) is 0 Å². The maximum absolute atomic E-state index is 5.78. The molecule has 0 amide bonds. The Morgan fingerprint density at radius 3 is 0.942 bits per heavy atom. The van der Waals surface area contributed by atoms with Crippen LogP contribution in [-0.4, -0.2) is 139 Å². The van der Waals surface area contributed by atoms with Crippen molar-refractivity contribution in [2.24, 2.45) is 0 Å². The van der Waals surface area contributed by atoms with E-state index in [2.05, 4.69) is 38.1 Å². The Hall–Kier alpha value is -1.38. The summed E-state index contributed by atoms with van der Waals surface area (Å²) in [6.45, 7) is 16.1. The highest BCUT2D eigenvalue weighted by Crippen LogP contribution is 2.15. The number of hydrogen-bond donors (Lipinski definition) is 0. The zero-order chi connectivity index (χ0) is 37.1. The third-order valence-electron chi connectivity index (χ3n) is 7.98. The smallest absolute Gasteiger partial charge is 0.119 e. The average molecular weight is 745 g/mol. The van der Waals surface area contributed by atoms with Crippen LogP contribution in [0, 0.1) is 0 Å². The Balaban J connectivity index is 1.67. The van der Waals surface area contributed by atoms with E-state index in [-0.39, 0.29) is 0 Å². The monoisotopic (exact) mass is 745 g/mol. The van der Waals surface area contributed by atoms with E-state index in [1.54, 1.807) is 0 Å². The summed E-state index contributed by atoms with van der Waals surface area (Å²) < 4.78 is 61.1. The van der Waals surface area contributed by atoms with Crippen molar-refractivity contribution in [2.75, 3.05) is 139 Å². The van der Waals surface area contributed by atoms with E-state index < -0.39 is 0 Å². The molecule has 0 radical (unpaired) electrons. The zero-order valence-corrected chi connectivity index (χ0v) is 33.1. The van der Waals surface area contributed by atoms with Crippen molar-refractivity contribution in [3.63, 3.8) is 0 Å². The molecule has 0 fully saturated rings. The van der Waals surface area contributed by atoms with Crippen LogP contribution in [0.3, 0.4) is 0 Å². The predicted octanol–water partition coefficient (Wildman–Crippen LogP) is 7.10. The van der Waals surface area contributed by atoms with Crippen LogP contribution in [0.4, 0.5) is 0 Å². The van der Waals surface area contributed by atoms with Gasteiger partial charge in [-0.05, 0) is 37.0 Å². The lowest BCUT2D eigenvalue weighted by Crippen LogP contribution is -2.15. The van der Waals surface area contributed by atoms with E-state index in [9.17, 15) is 0 Å². The molecule has 11 heteroatoms. The second-order valence-corrected chi connectivity index (χ2v) is 12.5. The highest BCUT2D eigenvalue weighted by atomic mass is 16.6. The SMILES string of the molecule is CCCCCCCCc1ccc(OCCOCCOCCOCCOCCOCCOCCOCCOCCOCCOCCCCCCC)cc1. The third kappa shape index (κ3) is 37.0. The lowest BCUT2D eigenvalue weighted by molar-refractivity contribution is -0.0267. The van der Waals surface area contributed by atoms with Crippen LogP contribution < -0.4 is 4.74 Å². The molecule has 0 aromatic heterocycles.